The molecule has 5 heteroatoms. The number of thiophene rings is 1. The van der Waals surface area contributed by atoms with Gasteiger partial charge in [-0.1, -0.05) is 35.9 Å². The number of halogens is 1. The van der Waals surface area contributed by atoms with E-state index in [1.165, 1.54) is 5.56 Å². The van der Waals surface area contributed by atoms with Crippen LogP contribution < -0.4 is 10.5 Å². The molecule has 1 aromatic heterocycles. The Morgan fingerprint density at radius 2 is 1.96 bits per heavy atom. The number of ether oxygens (including phenoxy) is 1. The lowest BCUT2D eigenvalue weighted by Gasteiger charge is -2.23. The third-order valence-corrected chi connectivity index (χ3v) is 5.88. The molecule has 0 fully saturated rings. The fourth-order valence-corrected chi connectivity index (χ4v) is 4.54. The molecule has 4 rings (SSSR count). The highest BCUT2D eigenvalue weighted by Gasteiger charge is 2.33. The Bertz CT molecular complexity index is 1030. The van der Waals surface area contributed by atoms with Gasteiger partial charge < -0.3 is 10.5 Å². The first kappa shape index (κ1) is 15.1. The number of aryl methyl sites for hydroxylation is 1. The zero-order chi connectivity index (χ0) is 16.8. The van der Waals surface area contributed by atoms with Crippen LogP contribution in [-0.2, 0) is 0 Å². The summed E-state index contributed by atoms with van der Waals surface area (Å²) in [7, 11) is 0. The van der Waals surface area contributed by atoms with Crippen molar-refractivity contribution in [2.24, 2.45) is 5.73 Å². The highest BCUT2D eigenvalue weighted by Crippen LogP contribution is 2.50. The molecule has 3 aromatic rings. The van der Waals surface area contributed by atoms with Crippen LogP contribution in [-0.4, -0.2) is 0 Å². The molecule has 0 spiro atoms. The van der Waals surface area contributed by atoms with Crippen molar-refractivity contribution < 1.29 is 4.74 Å². The van der Waals surface area contributed by atoms with Gasteiger partial charge in [0.1, 0.15) is 11.6 Å². The van der Waals surface area contributed by atoms with Gasteiger partial charge in [0.2, 0.25) is 5.88 Å². The van der Waals surface area contributed by atoms with E-state index in [-0.39, 0.29) is 11.8 Å². The van der Waals surface area contributed by atoms with E-state index in [9.17, 15) is 5.26 Å². The third kappa shape index (κ3) is 2.17. The highest BCUT2D eigenvalue weighted by molar-refractivity contribution is 7.19. The fraction of sp³-hybridized carbons (Fsp3) is 0.105. The molecule has 0 amide bonds. The molecular weight excluding hydrogens is 340 g/mol. The minimum atomic E-state index is -0.229. The van der Waals surface area contributed by atoms with Gasteiger partial charge in [-0.05, 0) is 36.2 Å². The van der Waals surface area contributed by atoms with E-state index in [0.717, 1.165) is 26.3 Å². The van der Waals surface area contributed by atoms with Crippen molar-refractivity contribution in [1.29, 1.82) is 5.26 Å². The average molecular weight is 353 g/mol. The second kappa shape index (κ2) is 5.55. The number of allylic oxidation sites excluding steroid dienone is 1. The quantitative estimate of drug-likeness (QED) is 0.664. The van der Waals surface area contributed by atoms with Gasteiger partial charge in [0.15, 0.2) is 5.75 Å². The number of nitrogens with zero attached hydrogens (tertiary/aromatic N) is 1. The average Bonchev–Trinajstić information content (AvgIpc) is 2.94. The Kier molecular flexibility index (Phi) is 3.49. The molecule has 0 aliphatic carbocycles. The first-order valence-electron chi connectivity index (χ1n) is 7.45. The molecule has 0 radical (unpaired) electrons. The Morgan fingerprint density at radius 1 is 1.21 bits per heavy atom. The topological polar surface area (TPSA) is 59.0 Å². The Labute approximate surface area is 148 Å². The van der Waals surface area contributed by atoms with Crippen molar-refractivity contribution in [1.82, 2.24) is 0 Å². The van der Waals surface area contributed by atoms with Gasteiger partial charge >= 0.3 is 0 Å². The van der Waals surface area contributed by atoms with Crippen LogP contribution in [0.15, 0.2) is 53.9 Å². The summed E-state index contributed by atoms with van der Waals surface area (Å²) in [4.78, 5) is 1.01. The van der Waals surface area contributed by atoms with Crippen molar-refractivity contribution in [2.75, 3.05) is 0 Å². The smallest absolute Gasteiger partial charge is 0.205 e. The number of benzene rings is 2. The van der Waals surface area contributed by atoms with Crippen molar-refractivity contribution >= 4 is 33.0 Å². The molecule has 1 unspecified atom stereocenters. The van der Waals surface area contributed by atoms with Crippen LogP contribution in [0.3, 0.4) is 0 Å². The lowest BCUT2D eigenvalue weighted by Crippen LogP contribution is -2.19. The number of nitriles is 1. The Hall–Kier alpha value is -2.48. The minimum absolute atomic E-state index is 0.172. The molecule has 1 aliphatic heterocycles. The summed E-state index contributed by atoms with van der Waals surface area (Å²) in [5.41, 5.74) is 8.66. The van der Waals surface area contributed by atoms with E-state index in [0.29, 0.717) is 10.6 Å². The van der Waals surface area contributed by atoms with Gasteiger partial charge in [-0.2, -0.15) is 5.26 Å². The van der Waals surface area contributed by atoms with Crippen LogP contribution >= 0.6 is 22.9 Å². The molecule has 2 heterocycles. The molecule has 1 aliphatic rings. The van der Waals surface area contributed by atoms with Crippen LogP contribution in [0, 0.1) is 18.3 Å². The van der Waals surface area contributed by atoms with E-state index in [2.05, 4.69) is 19.1 Å². The maximum Gasteiger partial charge on any atom is 0.205 e. The highest BCUT2D eigenvalue weighted by atomic mass is 35.5. The SMILES string of the molecule is Cc1cccc2c3c(sc12)C(c1ccc(Cl)cc1)C(C#N)=C(N)O3. The van der Waals surface area contributed by atoms with E-state index in [1.54, 1.807) is 11.3 Å². The van der Waals surface area contributed by atoms with Crippen molar-refractivity contribution in [3.8, 4) is 11.8 Å². The summed E-state index contributed by atoms with van der Waals surface area (Å²) in [5, 5.41) is 11.3. The molecular formula is C19H13ClN2OS. The summed E-state index contributed by atoms with van der Waals surface area (Å²) in [6.07, 6.45) is 0. The van der Waals surface area contributed by atoms with E-state index in [1.807, 2.05) is 36.4 Å². The molecule has 118 valence electrons. The zero-order valence-corrected chi connectivity index (χ0v) is 14.4. The number of fused-ring (bicyclic) bond motifs is 3. The first-order valence-corrected chi connectivity index (χ1v) is 8.64. The van der Waals surface area contributed by atoms with Crippen LogP contribution in [0.5, 0.6) is 5.75 Å². The third-order valence-electron chi connectivity index (χ3n) is 4.24. The molecule has 24 heavy (non-hydrogen) atoms. The number of hydrogen-bond donors (Lipinski definition) is 1. The lowest BCUT2D eigenvalue weighted by atomic mass is 9.88. The predicted molar refractivity (Wildman–Crippen MR) is 97.3 cm³/mol. The van der Waals surface area contributed by atoms with E-state index >= 15 is 0 Å². The van der Waals surface area contributed by atoms with Gasteiger partial charge in [-0.25, -0.2) is 0 Å². The largest absolute Gasteiger partial charge is 0.439 e. The lowest BCUT2D eigenvalue weighted by molar-refractivity contribution is 0.401. The zero-order valence-electron chi connectivity index (χ0n) is 12.8. The molecule has 2 N–H and O–H groups in total. The minimum Gasteiger partial charge on any atom is -0.439 e. The summed E-state index contributed by atoms with van der Waals surface area (Å²) in [6.45, 7) is 2.07. The predicted octanol–water partition coefficient (Wildman–Crippen LogP) is 5.08. The molecule has 0 saturated carbocycles. The van der Waals surface area contributed by atoms with Crippen molar-refractivity contribution in [2.45, 2.75) is 12.8 Å². The monoisotopic (exact) mass is 352 g/mol. The molecule has 0 saturated heterocycles. The summed E-state index contributed by atoms with van der Waals surface area (Å²) >= 11 is 7.67. The second-order valence-electron chi connectivity index (χ2n) is 5.72. The van der Waals surface area contributed by atoms with Crippen LogP contribution in [0.2, 0.25) is 5.02 Å². The summed E-state index contributed by atoms with van der Waals surface area (Å²) in [6, 6.07) is 15.9. The molecule has 3 nitrogen and oxygen atoms in total. The van der Waals surface area contributed by atoms with Gasteiger partial charge in [-0.3, -0.25) is 0 Å². The number of nitrogens with two attached hydrogens (primary N) is 1. The number of hydrogen-bond acceptors (Lipinski definition) is 4. The second-order valence-corrected chi connectivity index (χ2v) is 7.21. The maximum atomic E-state index is 9.61. The fourth-order valence-electron chi connectivity index (χ4n) is 3.08. The molecule has 0 bridgehead atoms. The van der Waals surface area contributed by atoms with Gasteiger partial charge in [0.05, 0.1) is 10.8 Å². The Morgan fingerprint density at radius 3 is 2.67 bits per heavy atom. The van der Waals surface area contributed by atoms with E-state index < -0.39 is 0 Å². The first-order chi connectivity index (χ1) is 11.6. The molecule has 2 aromatic carbocycles. The maximum absolute atomic E-state index is 9.61. The molecule has 1 atom stereocenters. The van der Waals surface area contributed by atoms with Crippen LogP contribution in [0.1, 0.15) is 21.9 Å². The number of rotatable bonds is 1. The van der Waals surface area contributed by atoms with Gasteiger partial charge in [-0.15, -0.1) is 11.3 Å². The van der Waals surface area contributed by atoms with Crippen molar-refractivity contribution in [3.63, 3.8) is 0 Å². The standard InChI is InChI=1S/C19H13ClN2OS/c1-10-3-2-4-13-16-18(24-17(10)13)15(14(9-21)19(22)23-16)11-5-7-12(20)8-6-11/h2-8,15H,22H2,1H3. The van der Waals surface area contributed by atoms with E-state index in [4.69, 9.17) is 22.1 Å². The Balaban J connectivity index is 2.01. The summed E-state index contributed by atoms with van der Waals surface area (Å²) in [5.74, 6) is 0.703. The normalized spacial score (nSPS) is 16.6. The summed E-state index contributed by atoms with van der Waals surface area (Å²) < 4.78 is 7.00. The van der Waals surface area contributed by atoms with Gasteiger partial charge in [0.25, 0.3) is 0 Å². The van der Waals surface area contributed by atoms with Crippen LogP contribution in [0.25, 0.3) is 10.1 Å². The van der Waals surface area contributed by atoms with Gasteiger partial charge in [0, 0.05) is 15.1 Å². The van der Waals surface area contributed by atoms with Crippen molar-refractivity contribution in [3.05, 3.63) is 74.9 Å². The van der Waals surface area contributed by atoms with Crippen LogP contribution in [0.4, 0.5) is 0 Å².